The number of hydrogen-bond acceptors (Lipinski definition) is 4. The lowest BCUT2D eigenvalue weighted by Gasteiger charge is -2.05. The molecule has 0 atom stereocenters. The Morgan fingerprint density at radius 3 is 2.91 bits per heavy atom. The zero-order valence-corrected chi connectivity index (χ0v) is 12.9. The highest BCUT2D eigenvalue weighted by molar-refractivity contribution is 7.16. The number of rotatable bonds is 4. The van der Waals surface area contributed by atoms with E-state index in [4.69, 9.17) is 4.74 Å². The Morgan fingerprint density at radius 2 is 2.23 bits per heavy atom. The highest BCUT2D eigenvalue weighted by Gasteiger charge is 2.29. The average molecular weight is 322 g/mol. The molecule has 2 aromatic rings. The number of nitrogens with zero attached hydrogens (tertiary/aromatic N) is 2. The number of carbonyl (C=O) groups excluding carboxylic acids is 2. The summed E-state index contributed by atoms with van der Waals surface area (Å²) in [6.07, 6.45) is 1.69. The number of halogens is 1. The summed E-state index contributed by atoms with van der Waals surface area (Å²) in [5.41, 5.74) is 0.280. The fourth-order valence-corrected chi connectivity index (χ4v) is 3.22. The summed E-state index contributed by atoms with van der Waals surface area (Å²) in [7, 11) is 0. The van der Waals surface area contributed by atoms with Gasteiger partial charge in [-0.25, -0.2) is 4.39 Å². The van der Waals surface area contributed by atoms with E-state index in [9.17, 15) is 14.0 Å². The summed E-state index contributed by atoms with van der Waals surface area (Å²) in [6.45, 7) is 1.79. The molecule has 1 aromatic carbocycles. The number of esters is 1. The van der Waals surface area contributed by atoms with Gasteiger partial charge in [-0.05, 0) is 31.9 Å². The molecule has 3 rings (SSSR count). The maximum absolute atomic E-state index is 14.1. The van der Waals surface area contributed by atoms with Gasteiger partial charge >= 0.3 is 5.97 Å². The van der Waals surface area contributed by atoms with Crippen molar-refractivity contribution in [3.05, 3.63) is 28.8 Å². The Labute approximate surface area is 130 Å². The molecule has 7 heteroatoms. The van der Waals surface area contributed by atoms with E-state index >= 15 is 0 Å². The second-order valence-electron chi connectivity index (χ2n) is 5.09. The summed E-state index contributed by atoms with van der Waals surface area (Å²) >= 11 is 1.20. The number of carbonyl (C=O) groups is 2. The topological polar surface area (TPSA) is 60.7 Å². The molecule has 1 aliphatic rings. The molecule has 1 heterocycles. The fraction of sp³-hybridized carbons (Fsp3) is 0.400. The molecular weight excluding hydrogens is 307 g/mol. The number of thiazole rings is 1. The molecule has 0 saturated heterocycles. The summed E-state index contributed by atoms with van der Waals surface area (Å²) in [4.78, 5) is 28.1. The quantitative estimate of drug-likeness (QED) is 0.811. The van der Waals surface area contributed by atoms with Crippen molar-refractivity contribution in [2.45, 2.75) is 26.3 Å². The highest BCUT2D eigenvalue weighted by Crippen LogP contribution is 2.30. The van der Waals surface area contributed by atoms with Gasteiger partial charge in [-0.3, -0.25) is 9.59 Å². The van der Waals surface area contributed by atoms with E-state index in [1.54, 1.807) is 19.1 Å². The van der Waals surface area contributed by atoms with Gasteiger partial charge in [-0.1, -0.05) is 17.4 Å². The third kappa shape index (κ3) is 2.94. The lowest BCUT2D eigenvalue weighted by molar-refractivity contribution is -0.143. The summed E-state index contributed by atoms with van der Waals surface area (Å²) < 4.78 is 21.1. The lowest BCUT2D eigenvalue weighted by atomic mass is 10.3. The number of ether oxygens (including phenoxy) is 1. The Kier molecular flexibility index (Phi) is 4.06. The van der Waals surface area contributed by atoms with Gasteiger partial charge in [-0.2, -0.15) is 4.99 Å². The van der Waals surface area contributed by atoms with Crippen LogP contribution in [0.2, 0.25) is 0 Å². The third-order valence-corrected chi connectivity index (χ3v) is 4.42. The average Bonchev–Trinajstić information content (AvgIpc) is 3.25. The first kappa shape index (κ1) is 14.9. The minimum Gasteiger partial charge on any atom is -0.465 e. The minimum atomic E-state index is -0.481. The smallest absolute Gasteiger partial charge is 0.326 e. The van der Waals surface area contributed by atoms with Gasteiger partial charge in [0.05, 0.1) is 16.8 Å². The lowest BCUT2D eigenvalue weighted by Crippen LogP contribution is -2.23. The summed E-state index contributed by atoms with van der Waals surface area (Å²) in [5, 5.41) is 0. The largest absolute Gasteiger partial charge is 0.465 e. The van der Waals surface area contributed by atoms with Crippen molar-refractivity contribution in [2.24, 2.45) is 10.9 Å². The highest BCUT2D eigenvalue weighted by atomic mass is 32.1. The van der Waals surface area contributed by atoms with Crippen LogP contribution >= 0.6 is 11.3 Å². The van der Waals surface area contributed by atoms with Gasteiger partial charge in [0.1, 0.15) is 12.4 Å². The molecule has 1 saturated carbocycles. The van der Waals surface area contributed by atoms with Crippen molar-refractivity contribution in [1.29, 1.82) is 0 Å². The van der Waals surface area contributed by atoms with Crippen molar-refractivity contribution in [3.8, 4) is 0 Å². The molecule has 1 fully saturated rings. The van der Waals surface area contributed by atoms with E-state index in [0.29, 0.717) is 9.50 Å². The van der Waals surface area contributed by atoms with Crippen LogP contribution in [0.4, 0.5) is 4.39 Å². The number of hydrogen-bond donors (Lipinski definition) is 0. The number of amides is 1. The molecule has 0 aliphatic heterocycles. The van der Waals surface area contributed by atoms with Crippen molar-refractivity contribution < 1.29 is 18.7 Å². The molecule has 0 N–H and O–H groups in total. The fourth-order valence-electron chi connectivity index (χ4n) is 2.17. The molecule has 1 aliphatic carbocycles. The molecule has 116 valence electrons. The van der Waals surface area contributed by atoms with Crippen LogP contribution in [0.5, 0.6) is 0 Å². The molecule has 22 heavy (non-hydrogen) atoms. The van der Waals surface area contributed by atoms with Crippen LogP contribution in [0.15, 0.2) is 23.2 Å². The van der Waals surface area contributed by atoms with Gasteiger partial charge in [0.2, 0.25) is 0 Å². The predicted octanol–water partition coefficient (Wildman–Crippen LogP) is 2.24. The molecule has 0 unspecified atom stereocenters. The Bertz CT molecular complexity index is 805. The predicted molar refractivity (Wildman–Crippen MR) is 79.7 cm³/mol. The van der Waals surface area contributed by atoms with E-state index in [1.165, 1.54) is 22.0 Å². The monoisotopic (exact) mass is 322 g/mol. The molecule has 0 spiro atoms. The van der Waals surface area contributed by atoms with Gasteiger partial charge in [0, 0.05) is 5.92 Å². The van der Waals surface area contributed by atoms with Crippen LogP contribution < -0.4 is 4.80 Å². The summed E-state index contributed by atoms with van der Waals surface area (Å²) in [5.74, 6) is -1.15. The van der Waals surface area contributed by atoms with Gasteiger partial charge in [-0.15, -0.1) is 0 Å². The molecular formula is C15H15FN2O3S. The van der Waals surface area contributed by atoms with Crippen LogP contribution in [0.3, 0.4) is 0 Å². The Hall–Kier alpha value is -2.02. The third-order valence-electron chi connectivity index (χ3n) is 3.38. The van der Waals surface area contributed by atoms with Crippen molar-refractivity contribution in [1.82, 2.24) is 4.57 Å². The second kappa shape index (κ2) is 6.00. The van der Waals surface area contributed by atoms with E-state index < -0.39 is 11.8 Å². The Morgan fingerprint density at radius 1 is 1.45 bits per heavy atom. The number of aromatic nitrogens is 1. The van der Waals surface area contributed by atoms with Crippen molar-refractivity contribution in [3.63, 3.8) is 0 Å². The second-order valence-corrected chi connectivity index (χ2v) is 6.10. The molecule has 0 bridgehead atoms. The van der Waals surface area contributed by atoms with Crippen LogP contribution in [0, 0.1) is 11.7 Å². The first-order valence-electron chi connectivity index (χ1n) is 7.12. The number of fused-ring (bicyclic) bond motifs is 1. The van der Waals surface area contributed by atoms with Crippen molar-refractivity contribution in [2.75, 3.05) is 6.61 Å². The minimum absolute atomic E-state index is 0.0221. The Balaban J connectivity index is 2.11. The van der Waals surface area contributed by atoms with Gasteiger partial charge < -0.3 is 9.30 Å². The van der Waals surface area contributed by atoms with Gasteiger partial charge in [0.25, 0.3) is 5.91 Å². The van der Waals surface area contributed by atoms with Crippen LogP contribution in [-0.4, -0.2) is 23.1 Å². The van der Waals surface area contributed by atoms with E-state index in [-0.39, 0.29) is 30.5 Å². The standard InChI is InChI=1S/C15H15FN2O3S/c1-2-21-12(19)8-18-13-10(16)4-3-5-11(13)22-15(18)17-14(20)9-6-7-9/h3-5,9H,2,6-8H2,1H3. The number of benzene rings is 1. The first-order chi connectivity index (χ1) is 10.6. The van der Waals surface area contributed by atoms with Gasteiger partial charge in [0.15, 0.2) is 4.80 Å². The zero-order valence-electron chi connectivity index (χ0n) is 12.0. The van der Waals surface area contributed by atoms with Crippen LogP contribution in [0.25, 0.3) is 10.2 Å². The maximum Gasteiger partial charge on any atom is 0.326 e. The molecule has 5 nitrogen and oxygen atoms in total. The number of para-hydroxylation sites is 1. The van der Waals surface area contributed by atoms with E-state index in [0.717, 1.165) is 12.8 Å². The van der Waals surface area contributed by atoms with Crippen molar-refractivity contribution >= 4 is 33.4 Å². The molecule has 1 amide bonds. The van der Waals surface area contributed by atoms with E-state index in [1.807, 2.05) is 0 Å². The SMILES string of the molecule is CCOC(=O)Cn1c(=NC(=O)C2CC2)sc2cccc(F)c21. The molecule has 1 aromatic heterocycles. The molecule has 0 radical (unpaired) electrons. The zero-order chi connectivity index (χ0) is 15.7. The van der Waals surface area contributed by atoms with Crippen LogP contribution in [0.1, 0.15) is 19.8 Å². The summed E-state index contributed by atoms with van der Waals surface area (Å²) in [6, 6.07) is 4.66. The first-order valence-corrected chi connectivity index (χ1v) is 7.94. The van der Waals surface area contributed by atoms with E-state index in [2.05, 4.69) is 4.99 Å². The normalized spacial score (nSPS) is 15.3. The van der Waals surface area contributed by atoms with Crippen LogP contribution in [-0.2, 0) is 20.9 Å². The maximum atomic E-state index is 14.1.